The highest BCUT2D eigenvalue weighted by atomic mass is 79.9. The first kappa shape index (κ1) is 15.7. The van der Waals surface area contributed by atoms with Crippen LogP contribution in [0.3, 0.4) is 0 Å². The van der Waals surface area contributed by atoms with Gasteiger partial charge in [-0.05, 0) is 66.6 Å². The van der Waals surface area contributed by atoms with Crippen molar-refractivity contribution >= 4 is 38.4 Å². The van der Waals surface area contributed by atoms with Crippen molar-refractivity contribution in [3.63, 3.8) is 0 Å². The molecule has 5 nitrogen and oxygen atoms in total. The molecule has 0 aliphatic heterocycles. The number of halogens is 2. The summed E-state index contributed by atoms with van der Waals surface area (Å²) in [5.41, 5.74) is 6.99. The van der Waals surface area contributed by atoms with Gasteiger partial charge < -0.3 is 10.6 Å². The summed E-state index contributed by atoms with van der Waals surface area (Å²) in [7, 11) is 0. The Hall–Kier alpha value is -1.76. The highest BCUT2D eigenvalue weighted by Crippen LogP contribution is 2.36. The van der Waals surface area contributed by atoms with Gasteiger partial charge in [0.05, 0.1) is 10.2 Å². The van der Waals surface area contributed by atoms with Gasteiger partial charge in [0.1, 0.15) is 11.3 Å². The number of nitrogens with zero attached hydrogens (tertiary/aromatic N) is 3. The van der Waals surface area contributed by atoms with Crippen LogP contribution in [0.5, 0.6) is 0 Å². The van der Waals surface area contributed by atoms with E-state index in [2.05, 4.69) is 26.1 Å². The molecule has 1 aromatic heterocycles. The molecule has 1 amide bonds. The molecule has 0 bridgehead atoms. The van der Waals surface area contributed by atoms with Crippen LogP contribution in [0.15, 0.2) is 16.6 Å². The second-order valence-corrected chi connectivity index (χ2v) is 7.39. The van der Waals surface area contributed by atoms with Gasteiger partial charge in [0.15, 0.2) is 5.69 Å². The molecule has 2 aliphatic rings. The maximum absolute atomic E-state index is 13.7. The Labute approximate surface area is 147 Å². The molecule has 0 atom stereocenters. The fourth-order valence-corrected chi connectivity index (χ4v) is 3.80. The quantitative estimate of drug-likeness (QED) is 0.864. The van der Waals surface area contributed by atoms with Gasteiger partial charge in [0.25, 0.3) is 5.91 Å². The van der Waals surface area contributed by atoms with Crippen LogP contribution in [0.25, 0.3) is 10.9 Å². The molecular formula is C17H18BrFN4O. The molecule has 0 unspecified atom stereocenters. The van der Waals surface area contributed by atoms with Gasteiger partial charge in [-0.25, -0.2) is 4.39 Å². The summed E-state index contributed by atoms with van der Waals surface area (Å²) in [4.78, 5) is 15.1. The maximum Gasteiger partial charge on any atom is 0.277 e. The van der Waals surface area contributed by atoms with E-state index in [4.69, 9.17) is 5.73 Å². The van der Waals surface area contributed by atoms with Crippen molar-refractivity contribution < 1.29 is 9.18 Å². The number of benzene rings is 1. The van der Waals surface area contributed by atoms with Crippen molar-refractivity contribution in [3.8, 4) is 0 Å². The average Bonchev–Trinajstić information content (AvgIpc) is 2.46. The van der Waals surface area contributed by atoms with Crippen molar-refractivity contribution in [3.05, 3.63) is 28.1 Å². The number of rotatable bonds is 3. The summed E-state index contributed by atoms with van der Waals surface area (Å²) in [6.45, 7) is 0. The lowest BCUT2D eigenvalue weighted by Gasteiger charge is -2.46. The molecule has 0 radical (unpaired) electrons. The van der Waals surface area contributed by atoms with E-state index < -0.39 is 5.82 Å². The molecule has 2 aromatic rings. The summed E-state index contributed by atoms with van der Waals surface area (Å²) in [5.74, 6) is -0.572. The van der Waals surface area contributed by atoms with Crippen LogP contribution in [0.1, 0.15) is 49.0 Å². The normalized spacial score (nSPS) is 18.2. The average molecular weight is 393 g/mol. The number of carbonyl (C=O) groups excluding carboxylic acids is 1. The number of hydrogen-bond donors (Lipinski definition) is 1. The van der Waals surface area contributed by atoms with E-state index in [-0.39, 0.29) is 21.8 Å². The van der Waals surface area contributed by atoms with Gasteiger partial charge in [0.2, 0.25) is 0 Å². The van der Waals surface area contributed by atoms with E-state index in [1.165, 1.54) is 6.07 Å². The minimum Gasteiger partial charge on any atom is -0.396 e. The minimum atomic E-state index is -0.430. The second-order valence-electron chi connectivity index (χ2n) is 6.60. The van der Waals surface area contributed by atoms with E-state index >= 15 is 0 Å². The summed E-state index contributed by atoms with van der Waals surface area (Å²) < 4.78 is 13.9. The van der Waals surface area contributed by atoms with Crippen molar-refractivity contribution in [2.45, 2.75) is 50.6 Å². The van der Waals surface area contributed by atoms with Gasteiger partial charge in [0, 0.05) is 17.5 Å². The van der Waals surface area contributed by atoms with Crippen LogP contribution < -0.4 is 5.73 Å². The first-order chi connectivity index (χ1) is 11.6. The molecule has 0 saturated heterocycles. The van der Waals surface area contributed by atoms with Gasteiger partial charge in [-0.3, -0.25) is 4.79 Å². The topological polar surface area (TPSA) is 72.1 Å². The zero-order chi connectivity index (χ0) is 16.8. The van der Waals surface area contributed by atoms with Crippen molar-refractivity contribution in [1.82, 2.24) is 15.1 Å². The van der Waals surface area contributed by atoms with Gasteiger partial charge in [-0.1, -0.05) is 0 Å². The largest absolute Gasteiger partial charge is 0.396 e. The predicted octanol–water partition coefficient (Wildman–Crippen LogP) is 3.66. The fourth-order valence-electron chi connectivity index (χ4n) is 3.38. The van der Waals surface area contributed by atoms with Crippen LogP contribution in [-0.4, -0.2) is 33.1 Å². The number of anilines is 1. The molecule has 4 rings (SSSR count). The Kier molecular flexibility index (Phi) is 3.90. The van der Waals surface area contributed by atoms with E-state index in [9.17, 15) is 9.18 Å². The van der Waals surface area contributed by atoms with Crippen LogP contribution >= 0.6 is 15.9 Å². The van der Waals surface area contributed by atoms with E-state index in [1.807, 2.05) is 4.90 Å². The summed E-state index contributed by atoms with van der Waals surface area (Å²) in [6, 6.07) is 3.45. The molecule has 2 aliphatic carbocycles. The number of aromatic nitrogens is 2. The van der Waals surface area contributed by atoms with E-state index in [0.717, 1.165) is 38.5 Å². The van der Waals surface area contributed by atoms with Crippen molar-refractivity contribution in [2.75, 3.05) is 5.73 Å². The molecule has 2 saturated carbocycles. The van der Waals surface area contributed by atoms with Crippen molar-refractivity contribution in [2.24, 2.45) is 0 Å². The number of hydrogen-bond acceptors (Lipinski definition) is 4. The van der Waals surface area contributed by atoms with E-state index in [1.54, 1.807) is 6.07 Å². The van der Waals surface area contributed by atoms with Crippen LogP contribution in [0.4, 0.5) is 10.1 Å². The zero-order valence-corrected chi connectivity index (χ0v) is 14.7. The number of amides is 1. The molecule has 126 valence electrons. The second kappa shape index (κ2) is 5.95. The molecule has 1 heterocycles. The lowest BCUT2D eigenvalue weighted by atomic mass is 9.84. The molecular weight excluding hydrogens is 375 g/mol. The Morgan fingerprint density at radius 1 is 1.17 bits per heavy atom. The minimum absolute atomic E-state index is 0.142. The molecule has 24 heavy (non-hydrogen) atoms. The lowest BCUT2D eigenvalue weighted by Crippen LogP contribution is -2.53. The smallest absolute Gasteiger partial charge is 0.277 e. The third-order valence-electron chi connectivity index (χ3n) is 5.24. The molecule has 7 heteroatoms. The number of fused-ring (bicyclic) bond motifs is 1. The standard InChI is InChI=1S/C17H18BrFN4O/c18-13-12(19)8-7-11-14(20)16(22-21-15(11)13)17(24)23(9-3-1-4-9)10-5-2-6-10/h7-10H,1-6H2,(H2,20,21). The van der Waals surface area contributed by atoms with Gasteiger partial charge in [-0.2, -0.15) is 0 Å². The number of nitrogens with two attached hydrogens (primary N) is 1. The lowest BCUT2D eigenvalue weighted by molar-refractivity contribution is 0.0280. The molecule has 0 spiro atoms. The monoisotopic (exact) mass is 392 g/mol. The maximum atomic E-state index is 13.7. The van der Waals surface area contributed by atoms with Gasteiger partial charge in [-0.15, -0.1) is 10.2 Å². The van der Waals surface area contributed by atoms with Crippen LogP contribution in [0, 0.1) is 5.82 Å². The van der Waals surface area contributed by atoms with E-state index in [0.29, 0.717) is 23.0 Å². The van der Waals surface area contributed by atoms with Gasteiger partial charge >= 0.3 is 0 Å². The highest BCUT2D eigenvalue weighted by molar-refractivity contribution is 9.10. The Morgan fingerprint density at radius 2 is 1.79 bits per heavy atom. The predicted molar refractivity (Wildman–Crippen MR) is 93.1 cm³/mol. The molecule has 1 aromatic carbocycles. The summed E-state index contributed by atoms with van der Waals surface area (Å²) >= 11 is 3.16. The first-order valence-corrected chi connectivity index (χ1v) is 9.09. The Bertz CT molecular complexity index is 806. The Morgan fingerprint density at radius 3 is 2.33 bits per heavy atom. The van der Waals surface area contributed by atoms with Crippen molar-refractivity contribution in [1.29, 1.82) is 0 Å². The third-order valence-corrected chi connectivity index (χ3v) is 5.99. The summed E-state index contributed by atoms with van der Waals surface area (Å²) in [5, 5.41) is 8.64. The molecule has 2 fully saturated rings. The SMILES string of the molecule is Nc1c(C(=O)N(C2CCC2)C2CCC2)nnc2c(Br)c(F)ccc12. The highest BCUT2D eigenvalue weighted by Gasteiger charge is 2.38. The first-order valence-electron chi connectivity index (χ1n) is 8.30. The zero-order valence-electron chi connectivity index (χ0n) is 13.1. The summed E-state index contributed by atoms with van der Waals surface area (Å²) in [6.07, 6.45) is 6.48. The van der Waals surface area contributed by atoms with Crippen LogP contribution in [0.2, 0.25) is 0 Å². The molecule has 2 N–H and O–H groups in total. The number of carbonyl (C=O) groups is 1. The van der Waals surface area contributed by atoms with Crippen LogP contribution in [-0.2, 0) is 0 Å². The Balaban J connectivity index is 1.76. The number of nitrogen functional groups attached to an aromatic ring is 1. The fraction of sp³-hybridized carbons (Fsp3) is 0.471. The third kappa shape index (κ3) is 2.37.